The van der Waals surface area contributed by atoms with E-state index in [2.05, 4.69) is 10.1 Å². The van der Waals surface area contributed by atoms with Gasteiger partial charge in [-0.25, -0.2) is 4.98 Å². The highest BCUT2D eigenvalue weighted by molar-refractivity contribution is 5.94. The van der Waals surface area contributed by atoms with E-state index in [1.165, 1.54) is 0 Å². The molecule has 0 amide bonds. The maximum absolute atomic E-state index is 11.2. The Labute approximate surface area is 120 Å². The number of nitrogens with zero attached hydrogens (tertiary/aromatic N) is 3. The van der Waals surface area contributed by atoms with E-state index < -0.39 is 0 Å². The lowest BCUT2D eigenvalue weighted by molar-refractivity contribution is 0.111. The van der Waals surface area contributed by atoms with Crippen molar-refractivity contribution < 1.29 is 14.1 Å². The van der Waals surface area contributed by atoms with Gasteiger partial charge in [-0.05, 0) is 26.0 Å². The summed E-state index contributed by atoms with van der Waals surface area (Å²) < 4.78 is 13.0. The first kappa shape index (κ1) is 12.1. The summed E-state index contributed by atoms with van der Waals surface area (Å²) in [5.74, 6) is 1.93. The second-order valence-corrected chi connectivity index (χ2v) is 5.10. The normalized spacial score (nSPS) is 13.4. The number of rotatable bonds is 2. The summed E-state index contributed by atoms with van der Waals surface area (Å²) >= 11 is 0. The van der Waals surface area contributed by atoms with Crippen molar-refractivity contribution in [2.75, 3.05) is 6.61 Å². The van der Waals surface area contributed by atoms with Crippen LogP contribution in [0.5, 0.6) is 5.75 Å². The number of aldehydes is 1. The van der Waals surface area contributed by atoms with Crippen LogP contribution in [-0.2, 0) is 6.54 Å². The first-order valence-electron chi connectivity index (χ1n) is 6.75. The van der Waals surface area contributed by atoms with E-state index in [4.69, 9.17) is 9.26 Å². The van der Waals surface area contributed by atoms with Crippen LogP contribution in [0, 0.1) is 13.8 Å². The van der Waals surface area contributed by atoms with Gasteiger partial charge in [0.15, 0.2) is 17.9 Å². The number of aryl methyl sites for hydroxylation is 2. The summed E-state index contributed by atoms with van der Waals surface area (Å²) in [4.78, 5) is 15.5. The van der Waals surface area contributed by atoms with E-state index in [9.17, 15) is 4.79 Å². The molecule has 0 spiro atoms. The Morgan fingerprint density at radius 2 is 2.19 bits per heavy atom. The Hall–Kier alpha value is -2.63. The van der Waals surface area contributed by atoms with E-state index in [-0.39, 0.29) is 0 Å². The average Bonchev–Trinajstić information content (AvgIpc) is 3.03. The van der Waals surface area contributed by atoms with E-state index in [1.54, 1.807) is 0 Å². The molecule has 1 aliphatic heterocycles. The van der Waals surface area contributed by atoms with Gasteiger partial charge >= 0.3 is 0 Å². The molecule has 0 aliphatic carbocycles. The highest BCUT2D eigenvalue weighted by Gasteiger charge is 2.24. The zero-order valence-electron chi connectivity index (χ0n) is 11.7. The molecule has 3 heterocycles. The van der Waals surface area contributed by atoms with Crippen LogP contribution < -0.4 is 4.74 Å². The number of carbonyl (C=O) groups is 1. The average molecular weight is 283 g/mol. The molecule has 0 fully saturated rings. The highest BCUT2D eigenvalue weighted by atomic mass is 16.5. The van der Waals surface area contributed by atoms with E-state index in [0.717, 1.165) is 45.7 Å². The van der Waals surface area contributed by atoms with Gasteiger partial charge in [0.05, 0.1) is 23.3 Å². The van der Waals surface area contributed by atoms with Crippen molar-refractivity contribution in [2.45, 2.75) is 20.4 Å². The van der Waals surface area contributed by atoms with Crippen molar-refractivity contribution in [3.63, 3.8) is 0 Å². The SMILES string of the molecule is Cc1noc(C)c1-c1ccc2nc(C=O)n3c2c1OCC3. The molecule has 2 aromatic heterocycles. The molecular weight excluding hydrogens is 270 g/mol. The monoisotopic (exact) mass is 283 g/mol. The molecule has 3 aromatic rings. The van der Waals surface area contributed by atoms with Crippen LogP contribution in [0.1, 0.15) is 22.1 Å². The van der Waals surface area contributed by atoms with Gasteiger partial charge in [0.2, 0.25) is 0 Å². The quantitative estimate of drug-likeness (QED) is 0.676. The fraction of sp³-hybridized carbons (Fsp3) is 0.267. The first-order chi connectivity index (χ1) is 10.2. The molecule has 0 N–H and O–H groups in total. The molecule has 1 aliphatic rings. The number of aromatic nitrogens is 3. The maximum Gasteiger partial charge on any atom is 0.185 e. The lowest BCUT2D eigenvalue weighted by Gasteiger charge is -2.19. The van der Waals surface area contributed by atoms with Gasteiger partial charge in [-0.1, -0.05) is 5.16 Å². The van der Waals surface area contributed by atoms with Gasteiger partial charge in [-0.2, -0.15) is 0 Å². The largest absolute Gasteiger partial charge is 0.489 e. The van der Waals surface area contributed by atoms with Crippen LogP contribution in [0.2, 0.25) is 0 Å². The molecule has 106 valence electrons. The van der Waals surface area contributed by atoms with Crippen molar-refractivity contribution in [1.82, 2.24) is 14.7 Å². The van der Waals surface area contributed by atoms with Crippen molar-refractivity contribution in [3.8, 4) is 16.9 Å². The smallest absolute Gasteiger partial charge is 0.185 e. The molecule has 0 unspecified atom stereocenters. The van der Waals surface area contributed by atoms with Crippen LogP contribution in [-0.4, -0.2) is 27.6 Å². The number of benzene rings is 1. The second-order valence-electron chi connectivity index (χ2n) is 5.10. The number of carbonyl (C=O) groups excluding carboxylic acids is 1. The third-order valence-corrected chi connectivity index (χ3v) is 3.86. The van der Waals surface area contributed by atoms with Gasteiger partial charge in [0, 0.05) is 5.56 Å². The number of hydrogen-bond donors (Lipinski definition) is 0. The molecule has 0 bridgehead atoms. The van der Waals surface area contributed by atoms with Crippen LogP contribution in [0.15, 0.2) is 16.7 Å². The van der Waals surface area contributed by atoms with E-state index in [1.807, 2.05) is 30.5 Å². The lowest BCUT2D eigenvalue weighted by atomic mass is 10.0. The summed E-state index contributed by atoms with van der Waals surface area (Å²) in [5.41, 5.74) is 4.31. The Kier molecular flexibility index (Phi) is 2.42. The van der Waals surface area contributed by atoms with Gasteiger partial charge in [0.25, 0.3) is 0 Å². The zero-order valence-corrected chi connectivity index (χ0v) is 11.7. The third kappa shape index (κ3) is 1.55. The standard InChI is InChI=1S/C15H13N3O3/c1-8-13(9(2)21-17-8)10-3-4-11-14-15(10)20-6-5-18(14)12(7-19)16-11/h3-4,7H,5-6H2,1-2H3. The molecule has 0 saturated carbocycles. The fourth-order valence-corrected chi connectivity index (χ4v) is 2.98. The topological polar surface area (TPSA) is 70.2 Å². The number of ether oxygens (including phenoxy) is 1. The minimum Gasteiger partial charge on any atom is -0.489 e. The lowest BCUT2D eigenvalue weighted by Crippen LogP contribution is -2.16. The maximum atomic E-state index is 11.2. The highest BCUT2D eigenvalue weighted by Crippen LogP contribution is 2.41. The Morgan fingerprint density at radius 1 is 1.33 bits per heavy atom. The van der Waals surface area contributed by atoms with Crippen LogP contribution in [0.3, 0.4) is 0 Å². The van der Waals surface area contributed by atoms with Crippen LogP contribution >= 0.6 is 0 Å². The molecule has 21 heavy (non-hydrogen) atoms. The van der Waals surface area contributed by atoms with Crippen molar-refractivity contribution in [3.05, 3.63) is 29.4 Å². The Balaban J connectivity index is 2.09. The first-order valence-corrected chi connectivity index (χ1v) is 6.75. The van der Waals surface area contributed by atoms with Crippen molar-refractivity contribution in [1.29, 1.82) is 0 Å². The van der Waals surface area contributed by atoms with Crippen molar-refractivity contribution >= 4 is 17.3 Å². The minimum absolute atomic E-state index is 0.436. The van der Waals surface area contributed by atoms with Crippen LogP contribution in [0.4, 0.5) is 0 Å². The van der Waals surface area contributed by atoms with E-state index in [0.29, 0.717) is 19.0 Å². The molecule has 6 heteroatoms. The minimum atomic E-state index is 0.436. The molecule has 0 saturated heterocycles. The predicted molar refractivity (Wildman–Crippen MR) is 75.6 cm³/mol. The second kappa shape index (κ2) is 4.18. The zero-order chi connectivity index (χ0) is 14.6. The fourth-order valence-electron chi connectivity index (χ4n) is 2.98. The van der Waals surface area contributed by atoms with Crippen LogP contribution in [0.25, 0.3) is 22.2 Å². The molecule has 0 atom stereocenters. The number of imidazole rings is 1. The van der Waals surface area contributed by atoms with Gasteiger partial charge in [-0.3, -0.25) is 4.79 Å². The summed E-state index contributed by atoms with van der Waals surface area (Å²) in [6.07, 6.45) is 0.782. The van der Waals surface area contributed by atoms with Crippen molar-refractivity contribution in [2.24, 2.45) is 0 Å². The molecule has 1 aromatic carbocycles. The summed E-state index contributed by atoms with van der Waals surface area (Å²) in [6.45, 7) is 4.92. The van der Waals surface area contributed by atoms with Gasteiger partial charge in [-0.15, -0.1) is 0 Å². The third-order valence-electron chi connectivity index (χ3n) is 3.86. The van der Waals surface area contributed by atoms with E-state index >= 15 is 0 Å². The Bertz CT molecular complexity index is 857. The Morgan fingerprint density at radius 3 is 2.90 bits per heavy atom. The van der Waals surface area contributed by atoms with Gasteiger partial charge < -0.3 is 13.8 Å². The van der Waals surface area contributed by atoms with Gasteiger partial charge in [0.1, 0.15) is 17.9 Å². The summed E-state index contributed by atoms with van der Waals surface area (Å²) in [7, 11) is 0. The molecular formula is C15H13N3O3. The molecule has 0 radical (unpaired) electrons. The molecule has 4 rings (SSSR count). The molecule has 6 nitrogen and oxygen atoms in total. The predicted octanol–water partition coefficient (Wildman–Crippen LogP) is 2.51. The number of hydrogen-bond acceptors (Lipinski definition) is 5. The summed E-state index contributed by atoms with van der Waals surface area (Å²) in [5, 5.41) is 4.00. The summed E-state index contributed by atoms with van der Waals surface area (Å²) in [6, 6.07) is 3.85.